The molecule has 0 saturated carbocycles. The van der Waals surface area contributed by atoms with Gasteiger partial charge in [0.15, 0.2) is 0 Å². The minimum Gasteiger partial charge on any atom is -0.462 e. The third-order valence-electron chi connectivity index (χ3n) is 3.82. The normalized spacial score (nSPS) is 10.6. The first kappa shape index (κ1) is 21.3. The lowest BCUT2D eigenvalue weighted by Gasteiger charge is -2.12. The van der Waals surface area contributed by atoms with Crippen molar-refractivity contribution in [2.75, 3.05) is 39.1 Å². The number of aryl methyl sites for hydroxylation is 1. The van der Waals surface area contributed by atoms with Crippen LogP contribution in [0, 0.1) is 6.92 Å². The number of carbonyl (C=O) groups is 2. The summed E-state index contributed by atoms with van der Waals surface area (Å²) in [6, 6.07) is 8.56. The van der Waals surface area contributed by atoms with E-state index in [1.165, 1.54) is 0 Å². The van der Waals surface area contributed by atoms with Crippen LogP contribution in [0.1, 0.15) is 40.0 Å². The van der Waals surface area contributed by atoms with Gasteiger partial charge in [-0.1, -0.05) is 12.1 Å². The fraction of sp³-hybridized carbons (Fsp3) is 0.400. The summed E-state index contributed by atoms with van der Waals surface area (Å²) in [5, 5.41) is 5.95. The average molecular weight is 385 g/mol. The maximum Gasteiger partial charge on any atom is 0.340 e. The molecule has 0 aliphatic rings. The predicted octanol–water partition coefficient (Wildman–Crippen LogP) is 2.39. The van der Waals surface area contributed by atoms with Crippen LogP contribution in [0.3, 0.4) is 0 Å². The molecule has 0 fully saturated rings. The molecular weight excluding hydrogens is 358 g/mol. The summed E-state index contributed by atoms with van der Waals surface area (Å²) in [6.45, 7) is 5.21. The summed E-state index contributed by atoms with van der Waals surface area (Å²) in [7, 11) is 3.98. The predicted molar refractivity (Wildman–Crippen MR) is 108 cm³/mol. The van der Waals surface area contributed by atoms with Crippen LogP contribution in [0.15, 0.2) is 30.3 Å². The molecule has 0 spiro atoms. The first-order valence-electron chi connectivity index (χ1n) is 9.22. The van der Waals surface area contributed by atoms with Crippen LogP contribution >= 0.6 is 0 Å². The van der Waals surface area contributed by atoms with Gasteiger partial charge in [-0.25, -0.2) is 14.8 Å². The van der Waals surface area contributed by atoms with Gasteiger partial charge in [0.25, 0.3) is 5.91 Å². The highest BCUT2D eigenvalue weighted by Gasteiger charge is 2.14. The number of rotatable bonds is 9. The van der Waals surface area contributed by atoms with Crippen molar-refractivity contribution in [3.05, 3.63) is 47.4 Å². The van der Waals surface area contributed by atoms with Crippen LogP contribution in [0.2, 0.25) is 0 Å². The van der Waals surface area contributed by atoms with Crippen LogP contribution in [-0.2, 0) is 4.74 Å². The number of hydrogen-bond donors (Lipinski definition) is 2. The monoisotopic (exact) mass is 385 g/mol. The Hall–Kier alpha value is -3.00. The van der Waals surface area contributed by atoms with E-state index in [9.17, 15) is 9.59 Å². The number of benzene rings is 1. The number of carbonyl (C=O) groups excluding carboxylic acids is 2. The fourth-order valence-electron chi connectivity index (χ4n) is 2.55. The second-order valence-electron chi connectivity index (χ2n) is 6.49. The van der Waals surface area contributed by atoms with Crippen molar-refractivity contribution in [3.8, 4) is 0 Å². The Morgan fingerprint density at radius 3 is 2.64 bits per heavy atom. The largest absolute Gasteiger partial charge is 0.462 e. The third-order valence-corrected chi connectivity index (χ3v) is 3.82. The standard InChI is InChI=1S/C20H27N5O3/c1-5-28-20(27)15-9-6-7-10-16(15)24-18-13-17(22-14(2)23-18)19(26)21-11-8-12-25(3)4/h6-7,9-10,13H,5,8,11-12H2,1-4H3,(H,21,26)(H,22,23,24). The summed E-state index contributed by atoms with van der Waals surface area (Å²) in [5.41, 5.74) is 1.22. The van der Waals surface area contributed by atoms with Crippen molar-refractivity contribution in [1.29, 1.82) is 0 Å². The number of nitrogens with zero attached hydrogens (tertiary/aromatic N) is 3. The molecule has 2 aromatic rings. The molecule has 2 rings (SSSR count). The molecule has 8 heteroatoms. The van der Waals surface area contributed by atoms with Gasteiger partial charge in [-0.15, -0.1) is 0 Å². The van der Waals surface area contributed by atoms with Crippen molar-refractivity contribution in [2.24, 2.45) is 0 Å². The molecule has 1 heterocycles. The van der Waals surface area contributed by atoms with Gasteiger partial charge >= 0.3 is 5.97 Å². The molecule has 0 bridgehead atoms. The average Bonchev–Trinajstić information content (AvgIpc) is 2.65. The van der Waals surface area contributed by atoms with E-state index in [2.05, 4.69) is 25.5 Å². The number of ether oxygens (including phenoxy) is 1. The number of nitrogens with one attached hydrogen (secondary N) is 2. The van der Waals surface area contributed by atoms with Crippen LogP contribution in [0.25, 0.3) is 0 Å². The highest BCUT2D eigenvalue weighted by atomic mass is 16.5. The Morgan fingerprint density at radius 1 is 1.18 bits per heavy atom. The molecule has 1 amide bonds. The minimum atomic E-state index is -0.421. The minimum absolute atomic E-state index is 0.258. The lowest BCUT2D eigenvalue weighted by Crippen LogP contribution is -2.28. The van der Waals surface area contributed by atoms with Gasteiger partial charge in [-0.2, -0.15) is 0 Å². The van der Waals surface area contributed by atoms with E-state index in [1.54, 1.807) is 44.2 Å². The third kappa shape index (κ3) is 6.31. The smallest absolute Gasteiger partial charge is 0.340 e. The second kappa shape index (κ2) is 10.4. The molecule has 0 saturated heterocycles. The molecule has 8 nitrogen and oxygen atoms in total. The summed E-state index contributed by atoms with van der Waals surface area (Å²) in [4.78, 5) is 35.1. The zero-order chi connectivity index (χ0) is 20.5. The van der Waals surface area contributed by atoms with Gasteiger partial charge in [0.2, 0.25) is 0 Å². The molecule has 0 unspecified atom stereocenters. The molecule has 150 valence electrons. The van der Waals surface area contributed by atoms with Crippen molar-refractivity contribution in [3.63, 3.8) is 0 Å². The Balaban J connectivity index is 2.14. The second-order valence-corrected chi connectivity index (χ2v) is 6.49. The maximum absolute atomic E-state index is 12.4. The zero-order valence-corrected chi connectivity index (χ0v) is 16.8. The molecule has 0 radical (unpaired) electrons. The van der Waals surface area contributed by atoms with Gasteiger partial charge in [-0.05, 0) is 53.0 Å². The molecule has 2 N–H and O–H groups in total. The molecule has 0 aliphatic carbocycles. The van der Waals surface area contributed by atoms with Gasteiger partial charge in [-0.3, -0.25) is 4.79 Å². The highest BCUT2D eigenvalue weighted by Crippen LogP contribution is 2.21. The van der Waals surface area contributed by atoms with E-state index in [4.69, 9.17) is 4.74 Å². The number of hydrogen-bond acceptors (Lipinski definition) is 7. The van der Waals surface area contributed by atoms with E-state index < -0.39 is 5.97 Å². The molecular formula is C20H27N5O3. The van der Waals surface area contributed by atoms with Crippen molar-refractivity contribution < 1.29 is 14.3 Å². The van der Waals surface area contributed by atoms with Crippen LogP contribution in [-0.4, -0.2) is 60.5 Å². The van der Waals surface area contributed by atoms with Crippen molar-refractivity contribution >= 4 is 23.4 Å². The summed E-state index contributed by atoms with van der Waals surface area (Å²) in [5.74, 6) is 0.209. The SMILES string of the molecule is CCOC(=O)c1ccccc1Nc1cc(C(=O)NCCCN(C)C)nc(C)n1. The van der Waals surface area contributed by atoms with E-state index in [1.807, 2.05) is 14.1 Å². The van der Waals surface area contributed by atoms with Crippen LogP contribution in [0.4, 0.5) is 11.5 Å². The number of para-hydroxylation sites is 1. The number of aromatic nitrogens is 2. The fourth-order valence-corrected chi connectivity index (χ4v) is 2.55. The molecule has 0 aliphatic heterocycles. The Bertz CT molecular complexity index is 823. The van der Waals surface area contributed by atoms with Gasteiger partial charge in [0.05, 0.1) is 17.9 Å². The molecule has 1 aromatic carbocycles. The summed E-state index contributed by atoms with van der Waals surface area (Å²) in [6.07, 6.45) is 0.848. The number of amides is 1. The first-order chi connectivity index (χ1) is 13.4. The molecule has 0 atom stereocenters. The quantitative estimate of drug-likeness (QED) is 0.505. The van der Waals surface area contributed by atoms with E-state index in [0.29, 0.717) is 29.4 Å². The van der Waals surface area contributed by atoms with Gasteiger partial charge in [0.1, 0.15) is 17.3 Å². The lowest BCUT2D eigenvalue weighted by molar-refractivity contribution is 0.0527. The van der Waals surface area contributed by atoms with Crippen molar-refractivity contribution in [1.82, 2.24) is 20.2 Å². The van der Waals surface area contributed by atoms with E-state index in [-0.39, 0.29) is 18.2 Å². The lowest BCUT2D eigenvalue weighted by atomic mass is 10.2. The Labute approximate surface area is 165 Å². The number of anilines is 2. The van der Waals surface area contributed by atoms with Gasteiger partial charge < -0.3 is 20.3 Å². The zero-order valence-electron chi connectivity index (χ0n) is 16.8. The summed E-state index contributed by atoms with van der Waals surface area (Å²) < 4.78 is 5.08. The van der Waals surface area contributed by atoms with Crippen LogP contribution in [0.5, 0.6) is 0 Å². The Morgan fingerprint density at radius 2 is 1.93 bits per heavy atom. The topological polar surface area (TPSA) is 96.4 Å². The van der Waals surface area contributed by atoms with E-state index in [0.717, 1.165) is 13.0 Å². The van der Waals surface area contributed by atoms with Crippen LogP contribution < -0.4 is 10.6 Å². The van der Waals surface area contributed by atoms with Gasteiger partial charge in [0, 0.05) is 12.6 Å². The molecule has 1 aromatic heterocycles. The summed E-state index contributed by atoms with van der Waals surface area (Å²) >= 11 is 0. The highest BCUT2D eigenvalue weighted by molar-refractivity contribution is 5.97. The molecule has 28 heavy (non-hydrogen) atoms. The first-order valence-corrected chi connectivity index (χ1v) is 9.22. The maximum atomic E-state index is 12.4. The van der Waals surface area contributed by atoms with E-state index >= 15 is 0 Å². The Kier molecular flexibility index (Phi) is 7.88. The van der Waals surface area contributed by atoms with Crippen molar-refractivity contribution in [2.45, 2.75) is 20.3 Å². The number of esters is 1.